The minimum atomic E-state index is -4.32. The second-order valence-corrected chi connectivity index (χ2v) is 5.29. The number of carbonyl (C=O) groups is 1. The highest BCUT2D eigenvalue weighted by Crippen LogP contribution is 2.30. The van der Waals surface area contributed by atoms with Gasteiger partial charge < -0.3 is 10.4 Å². The summed E-state index contributed by atoms with van der Waals surface area (Å²) in [6.07, 6.45) is -2.22. The van der Waals surface area contributed by atoms with E-state index in [1.165, 1.54) is 12.1 Å². The Morgan fingerprint density at radius 2 is 1.76 bits per heavy atom. The zero-order chi connectivity index (χ0) is 16.0. The van der Waals surface area contributed by atoms with Gasteiger partial charge in [-0.25, -0.2) is 0 Å². The molecule has 0 amide bonds. The Bertz CT molecular complexity index is 457. The minimum absolute atomic E-state index is 0.0720. The largest absolute Gasteiger partial charge is 0.481 e. The van der Waals surface area contributed by atoms with Crippen molar-refractivity contribution in [1.29, 1.82) is 0 Å². The second-order valence-electron chi connectivity index (χ2n) is 5.29. The van der Waals surface area contributed by atoms with Gasteiger partial charge in [-0.3, -0.25) is 4.79 Å². The molecule has 0 saturated heterocycles. The molecule has 21 heavy (non-hydrogen) atoms. The van der Waals surface area contributed by atoms with Crippen LogP contribution in [-0.4, -0.2) is 17.1 Å². The first-order valence-corrected chi connectivity index (χ1v) is 6.86. The maximum atomic E-state index is 12.4. The van der Waals surface area contributed by atoms with Gasteiger partial charge in [0.25, 0.3) is 0 Å². The Kier molecular flexibility index (Phi) is 6.05. The van der Waals surface area contributed by atoms with Crippen LogP contribution in [0.25, 0.3) is 0 Å². The number of halogens is 3. The van der Waals surface area contributed by atoms with E-state index in [0.717, 1.165) is 25.0 Å². The summed E-state index contributed by atoms with van der Waals surface area (Å²) in [7, 11) is 0. The van der Waals surface area contributed by atoms with Gasteiger partial charge in [0.1, 0.15) is 0 Å². The van der Waals surface area contributed by atoms with Gasteiger partial charge in [-0.2, -0.15) is 13.2 Å². The molecule has 2 N–H and O–H groups in total. The van der Waals surface area contributed by atoms with E-state index in [1.807, 2.05) is 6.92 Å². The number of anilines is 1. The number of nitrogens with one attached hydrogen (secondary N) is 1. The molecule has 2 atom stereocenters. The van der Waals surface area contributed by atoms with Crippen LogP contribution < -0.4 is 5.32 Å². The first kappa shape index (κ1) is 17.3. The molecule has 0 spiro atoms. The monoisotopic (exact) mass is 303 g/mol. The molecule has 0 fully saturated rings. The van der Waals surface area contributed by atoms with E-state index >= 15 is 0 Å². The summed E-state index contributed by atoms with van der Waals surface area (Å²) in [6.45, 7) is 3.58. The lowest BCUT2D eigenvalue weighted by Gasteiger charge is -2.16. The molecule has 0 aliphatic heterocycles. The lowest BCUT2D eigenvalue weighted by atomic mass is 10.0. The summed E-state index contributed by atoms with van der Waals surface area (Å²) in [4.78, 5) is 10.7. The minimum Gasteiger partial charge on any atom is -0.481 e. The van der Waals surface area contributed by atoms with Gasteiger partial charge in [0.05, 0.1) is 11.5 Å². The number of hydrogen-bond donors (Lipinski definition) is 2. The van der Waals surface area contributed by atoms with Gasteiger partial charge in [-0.1, -0.05) is 13.3 Å². The van der Waals surface area contributed by atoms with Crippen LogP contribution >= 0.6 is 0 Å². The summed E-state index contributed by atoms with van der Waals surface area (Å²) < 4.78 is 37.3. The Hall–Kier alpha value is -1.72. The standard InChI is InChI=1S/C15H20F3NO2/c1-10(14(20)21)4-3-5-11(2)19-13-8-6-12(7-9-13)15(16,17)18/h6-11,19H,3-5H2,1-2H3,(H,20,21). The Morgan fingerprint density at radius 1 is 1.19 bits per heavy atom. The van der Waals surface area contributed by atoms with Gasteiger partial charge in [-0.15, -0.1) is 0 Å². The van der Waals surface area contributed by atoms with Gasteiger partial charge >= 0.3 is 12.1 Å². The van der Waals surface area contributed by atoms with Gasteiger partial charge in [0.15, 0.2) is 0 Å². The normalized spacial score (nSPS) is 14.5. The molecule has 6 heteroatoms. The molecule has 0 aliphatic carbocycles. The predicted octanol–water partition coefficient (Wildman–Crippen LogP) is 4.40. The predicted molar refractivity (Wildman–Crippen MR) is 75.2 cm³/mol. The molecule has 0 heterocycles. The van der Waals surface area contributed by atoms with E-state index in [4.69, 9.17) is 5.11 Å². The molecule has 0 saturated carbocycles. The van der Waals surface area contributed by atoms with Crippen molar-refractivity contribution in [3.8, 4) is 0 Å². The van der Waals surface area contributed by atoms with Crippen LogP contribution in [0.3, 0.4) is 0 Å². The van der Waals surface area contributed by atoms with Crippen molar-refractivity contribution < 1.29 is 23.1 Å². The molecule has 0 aliphatic rings. The number of hydrogen-bond acceptors (Lipinski definition) is 2. The van der Waals surface area contributed by atoms with Crippen molar-refractivity contribution in [2.24, 2.45) is 5.92 Å². The van der Waals surface area contributed by atoms with Crippen molar-refractivity contribution >= 4 is 11.7 Å². The van der Waals surface area contributed by atoms with E-state index < -0.39 is 17.7 Å². The van der Waals surface area contributed by atoms with Crippen LogP contribution in [0.15, 0.2) is 24.3 Å². The maximum absolute atomic E-state index is 12.4. The summed E-state index contributed by atoms with van der Waals surface area (Å²) in [6, 6.07) is 4.96. The number of alkyl halides is 3. The van der Waals surface area contributed by atoms with Gasteiger partial charge in [-0.05, 0) is 44.0 Å². The fraction of sp³-hybridized carbons (Fsp3) is 0.533. The molecule has 0 bridgehead atoms. The van der Waals surface area contributed by atoms with Gasteiger partial charge in [0, 0.05) is 11.7 Å². The lowest BCUT2D eigenvalue weighted by Crippen LogP contribution is -2.16. The SMILES string of the molecule is CC(CCCC(C)C(=O)O)Nc1ccc(C(F)(F)F)cc1. The third-order valence-corrected chi connectivity index (χ3v) is 3.32. The van der Waals surface area contributed by atoms with E-state index in [2.05, 4.69) is 5.32 Å². The van der Waals surface area contributed by atoms with Crippen LogP contribution in [0.1, 0.15) is 38.7 Å². The average molecular weight is 303 g/mol. The molecule has 118 valence electrons. The topological polar surface area (TPSA) is 49.3 Å². The zero-order valence-electron chi connectivity index (χ0n) is 12.1. The molecule has 2 unspecified atom stereocenters. The highest BCUT2D eigenvalue weighted by molar-refractivity contribution is 5.69. The van der Waals surface area contributed by atoms with Crippen LogP contribution in [0.2, 0.25) is 0 Å². The molecule has 1 rings (SSSR count). The molecular formula is C15H20F3NO2. The Morgan fingerprint density at radius 3 is 2.24 bits per heavy atom. The lowest BCUT2D eigenvalue weighted by molar-refractivity contribution is -0.141. The number of aliphatic carboxylic acids is 1. The zero-order valence-corrected chi connectivity index (χ0v) is 12.1. The molecule has 1 aromatic carbocycles. The average Bonchev–Trinajstić information content (AvgIpc) is 2.38. The van der Waals surface area contributed by atoms with E-state index in [1.54, 1.807) is 6.92 Å². The Balaban J connectivity index is 2.41. The summed E-state index contributed by atoms with van der Waals surface area (Å²) in [5.74, 6) is -1.18. The van der Waals surface area contributed by atoms with Gasteiger partial charge in [0.2, 0.25) is 0 Å². The van der Waals surface area contributed by atoms with Crippen molar-refractivity contribution in [2.45, 2.75) is 45.3 Å². The highest BCUT2D eigenvalue weighted by Gasteiger charge is 2.29. The molecule has 0 aromatic heterocycles. The van der Waals surface area contributed by atoms with E-state index in [0.29, 0.717) is 12.1 Å². The fourth-order valence-electron chi connectivity index (χ4n) is 1.97. The fourth-order valence-corrected chi connectivity index (χ4v) is 1.97. The third-order valence-electron chi connectivity index (χ3n) is 3.32. The van der Waals surface area contributed by atoms with Crippen molar-refractivity contribution in [3.05, 3.63) is 29.8 Å². The van der Waals surface area contributed by atoms with E-state index in [9.17, 15) is 18.0 Å². The summed E-state index contributed by atoms with van der Waals surface area (Å²) in [5.41, 5.74) is -0.0437. The van der Waals surface area contributed by atoms with Crippen LogP contribution in [0.4, 0.5) is 18.9 Å². The highest BCUT2D eigenvalue weighted by atomic mass is 19.4. The quantitative estimate of drug-likeness (QED) is 0.785. The first-order valence-electron chi connectivity index (χ1n) is 6.86. The first-order chi connectivity index (χ1) is 9.70. The third kappa shape index (κ3) is 6.06. The van der Waals surface area contributed by atoms with Crippen LogP contribution in [0, 0.1) is 5.92 Å². The summed E-state index contributed by atoms with van der Waals surface area (Å²) >= 11 is 0. The summed E-state index contributed by atoms with van der Waals surface area (Å²) in [5, 5.41) is 11.9. The van der Waals surface area contributed by atoms with Crippen molar-refractivity contribution in [3.63, 3.8) is 0 Å². The van der Waals surface area contributed by atoms with Crippen molar-refractivity contribution in [2.75, 3.05) is 5.32 Å². The smallest absolute Gasteiger partial charge is 0.416 e. The maximum Gasteiger partial charge on any atom is 0.416 e. The number of carboxylic acid groups (broad SMARTS) is 1. The number of benzene rings is 1. The van der Waals surface area contributed by atoms with Crippen molar-refractivity contribution in [1.82, 2.24) is 0 Å². The van der Waals surface area contributed by atoms with Crippen LogP contribution in [-0.2, 0) is 11.0 Å². The second kappa shape index (κ2) is 7.33. The Labute approximate surface area is 122 Å². The molecule has 1 aromatic rings. The van der Waals surface area contributed by atoms with E-state index in [-0.39, 0.29) is 12.0 Å². The number of rotatable bonds is 7. The van der Waals surface area contributed by atoms with Crippen LogP contribution in [0.5, 0.6) is 0 Å². The molecular weight excluding hydrogens is 283 g/mol. The molecule has 3 nitrogen and oxygen atoms in total. The number of carboxylic acids is 1. The molecule has 0 radical (unpaired) electrons.